The molecule has 2 aromatic carbocycles. The fourth-order valence-electron chi connectivity index (χ4n) is 2.94. The Bertz CT molecular complexity index is 1140. The second kappa shape index (κ2) is 8.30. The molecule has 1 aromatic heterocycles. The smallest absolute Gasteiger partial charge is 0.242 e. The number of nitrogens with one attached hydrogen (secondary N) is 1. The molecule has 0 aliphatic heterocycles. The van der Waals surface area contributed by atoms with E-state index < -0.39 is 10.0 Å². The van der Waals surface area contributed by atoms with Crippen LogP contribution >= 0.6 is 0 Å². The number of fused-ring (bicyclic) bond motifs is 1. The number of hydrogen-bond acceptors (Lipinski definition) is 4. The molecule has 0 bridgehead atoms. The van der Waals surface area contributed by atoms with Crippen LogP contribution in [0.4, 0.5) is 4.39 Å². The summed E-state index contributed by atoms with van der Waals surface area (Å²) >= 11 is 0. The van der Waals surface area contributed by atoms with Gasteiger partial charge in [-0.3, -0.25) is 4.79 Å². The SMILES string of the molecule is CN(C)S(=O)(=O)c1ccc2c(c1)nc(CCC(=O)NCc1ccc(F)cc1)n2C. The molecule has 7 nitrogen and oxygen atoms in total. The Labute approximate surface area is 169 Å². The van der Waals surface area contributed by atoms with Gasteiger partial charge in [-0.2, -0.15) is 0 Å². The minimum absolute atomic E-state index is 0.141. The van der Waals surface area contributed by atoms with Crippen molar-refractivity contribution in [1.82, 2.24) is 19.2 Å². The maximum atomic E-state index is 12.9. The first-order chi connectivity index (χ1) is 13.7. The number of aromatic nitrogens is 2. The number of halogens is 1. The van der Waals surface area contributed by atoms with E-state index in [1.54, 1.807) is 30.3 Å². The van der Waals surface area contributed by atoms with Gasteiger partial charge in [0.1, 0.15) is 11.6 Å². The van der Waals surface area contributed by atoms with Crippen molar-refractivity contribution >= 4 is 27.0 Å². The number of nitrogens with zero attached hydrogens (tertiary/aromatic N) is 3. The second-order valence-electron chi connectivity index (χ2n) is 6.93. The van der Waals surface area contributed by atoms with Gasteiger partial charge in [-0.05, 0) is 35.9 Å². The van der Waals surface area contributed by atoms with Gasteiger partial charge in [-0.1, -0.05) is 12.1 Å². The minimum Gasteiger partial charge on any atom is -0.352 e. The van der Waals surface area contributed by atoms with E-state index in [0.29, 0.717) is 24.3 Å². The van der Waals surface area contributed by atoms with Crippen LogP contribution in [-0.2, 0) is 34.8 Å². The molecule has 1 heterocycles. The first-order valence-corrected chi connectivity index (χ1v) is 10.5. The number of aryl methyl sites for hydroxylation is 2. The van der Waals surface area contributed by atoms with Crippen molar-refractivity contribution in [2.45, 2.75) is 24.3 Å². The summed E-state index contributed by atoms with van der Waals surface area (Å²) in [6.45, 7) is 0.327. The molecule has 9 heteroatoms. The number of imidazole rings is 1. The summed E-state index contributed by atoms with van der Waals surface area (Å²) in [5, 5.41) is 2.80. The number of amides is 1. The molecule has 1 amide bonds. The van der Waals surface area contributed by atoms with Gasteiger partial charge in [0.25, 0.3) is 0 Å². The van der Waals surface area contributed by atoms with Crippen LogP contribution in [0.2, 0.25) is 0 Å². The van der Waals surface area contributed by atoms with E-state index in [4.69, 9.17) is 0 Å². The predicted molar refractivity (Wildman–Crippen MR) is 108 cm³/mol. The third kappa shape index (κ3) is 4.63. The lowest BCUT2D eigenvalue weighted by Gasteiger charge is -2.10. The highest BCUT2D eigenvalue weighted by Gasteiger charge is 2.19. The summed E-state index contributed by atoms with van der Waals surface area (Å²) in [4.78, 5) is 16.8. The molecule has 0 aliphatic carbocycles. The van der Waals surface area contributed by atoms with Gasteiger partial charge < -0.3 is 9.88 Å². The highest BCUT2D eigenvalue weighted by atomic mass is 32.2. The van der Waals surface area contributed by atoms with E-state index in [0.717, 1.165) is 15.4 Å². The quantitative estimate of drug-likeness (QED) is 0.638. The number of benzene rings is 2. The second-order valence-corrected chi connectivity index (χ2v) is 9.08. The Morgan fingerprint density at radius 1 is 1.17 bits per heavy atom. The van der Waals surface area contributed by atoms with E-state index in [1.807, 2.05) is 11.6 Å². The molecule has 29 heavy (non-hydrogen) atoms. The highest BCUT2D eigenvalue weighted by molar-refractivity contribution is 7.89. The van der Waals surface area contributed by atoms with Crippen molar-refractivity contribution in [3.63, 3.8) is 0 Å². The molecular weight excluding hydrogens is 395 g/mol. The molecular formula is C20H23FN4O3S. The third-order valence-corrected chi connectivity index (χ3v) is 6.51. The summed E-state index contributed by atoms with van der Waals surface area (Å²) in [7, 11) is 1.26. The van der Waals surface area contributed by atoms with Crippen LogP contribution in [0, 0.1) is 5.82 Å². The molecule has 154 valence electrons. The lowest BCUT2D eigenvalue weighted by Crippen LogP contribution is -2.23. The molecule has 0 saturated heterocycles. The first-order valence-electron chi connectivity index (χ1n) is 9.07. The standard InChI is InChI=1S/C20H23FN4O3S/c1-24(2)29(27,28)16-8-9-18-17(12-16)23-19(25(18)3)10-11-20(26)22-13-14-4-6-15(21)7-5-14/h4-9,12H,10-11,13H2,1-3H3,(H,22,26). The van der Waals surface area contributed by atoms with Crippen molar-refractivity contribution < 1.29 is 17.6 Å². The van der Waals surface area contributed by atoms with Gasteiger partial charge >= 0.3 is 0 Å². The van der Waals surface area contributed by atoms with Crippen molar-refractivity contribution in [1.29, 1.82) is 0 Å². The van der Waals surface area contributed by atoms with Crippen LogP contribution in [0.5, 0.6) is 0 Å². The monoisotopic (exact) mass is 418 g/mol. The normalized spacial score (nSPS) is 11.9. The molecule has 0 aliphatic rings. The van der Waals surface area contributed by atoms with Crippen LogP contribution in [-0.4, -0.2) is 42.3 Å². The van der Waals surface area contributed by atoms with Gasteiger partial charge in [0.05, 0.1) is 15.9 Å². The Morgan fingerprint density at radius 2 is 1.86 bits per heavy atom. The number of carbonyl (C=O) groups is 1. The van der Waals surface area contributed by atoms with Gasteiger partial charge in [0, 0.05) is 40.5 Å². The Balaban J connectivity index is 1.67. The molecule has 0 spiro atoms. The summed E-state index contributed by atoms with van der Waals surface area (Å²) in [6, 6.07) is 10.8. The molecule has 3 aromatic rings. The Kier molecular flexibility index (Phi) is 5.99. The van der Waals surface area contributed by atoms with Crippen LogP contribution in [0.3, 0.4) is 0 Å². The maximum absolute atomic E-state index is 12.9. The molecule has 3 rings (SSSR count). The number of hydrogen-bond donors (Lipinski definition) is 1. The summed E-state index contributed by atoms with van der Waals surface area (Å²) in [5.41, 5.74) is 2.18. The van der Waals surface area contributed by atoms with E-state index in [1.165, 1.54) is 26.2 Å². The van der Waals surface area contributed by atoms with Crippen molar-refractivity contribution in [2.24, 2.45) is 7.05 Å². The highest BCUT2D eigenvalue weighted by Crippen LogP contribution is 2.21. The summed E-state index contributed by atoms with van der Waals surface area (Å²) < 4.78 is 40.5. The molecule has 1 N–H and O–H groups in total. The Hall–Kier alpha value is -2.78. The molecule has 0 unspecified atom stereocenters. The Morgan fingerprint density at radius 3 is 2.52 bits per heavy atom. The first kappa shape index (κ1) is 20.9. The maximum Gasteiger partial charge on any atom is 0.242 e. The fraction of sp³-hybridized carbons (Fsp3) is 0.300. The van der Waals surface area contributed by atoms with E-state index >= 15 is 0 Å². The van der Waals surface area contributed by atoms with Crippen LogP contribution in [0.15, 0.2) is 47.4 Å². The molecule has 0 saturated carbocycles. The van der Waals surface area contributed by atoms with E-state index in [-0.39, 0.29) is 23.0 Å². The van der Waals surface area contributed by atoms with Gasteiger partial charge in [-0.25, -0.2) is 22.1 Å². The van der Waals surface area contributed by atoms with Crippen LogP contribution < -0.4 is 5.32 Å². The number of rotatable bonds is 7. The van der Waals surface area contributed by atoms with E-state index in [9.17, 15) is 17.6 Å². The summed E-state index contributed by atoms with van der Waals surface area (Å²) in [5.74, 6) is 0.233. The lowest BCUT2D eigenvalue weighted by atomic mass is 10.2. The van der Waals surface area contributed by atoms with Crippen LogP contribution in [0.1, 0.15) is 17.8 Å². The average Bonchev–Trinajstić information content (AvgIpc) is 3.01. The van der Waals surface area contributed by atoms with Gasteiger partial charge in [-0.15, -0.1) is 0 Å². The van der Waals surface area contributed by atoms with Gasteiger partial charge in [0.2, 0.25) is 15.9 Å². The van der Waals surface area contributed by atoms with Crippen molar-refractivity contribution in [2.75, 3.05) is 14.1 Å². The number of carbonyl (C=O) groups excluding carboxylic acids is 1. The van der Waals surface area contributed by atoms with Crippen molar-refractivity contribution in [3.05, 3.63) is 59.7 Å². The van der Waals surface area contributed by atoms with E-state index in [2.05, 4.69) is 10.3 Å². The lowest BCUT2D eigenvalue weighted by molar-refractivity contribution is -0.121. The average molecular weight is 418 g/mol. The summed E-state index contributed by atoms with van der Waals surface area (Å²) in [6.07, 6.45) is 0.650. The minimum atomic E-state index is -3.54. The zero-order chi connectivity index (χ0) is 21.2. The van der Waals surface area contributed by atoms with Gasteiger partial charge in [0.15, 0.2) is 0 Å². The fourth-order valence-corrected chi connectivity index (χ4v) is 3.86. The van der Waals surface area contributed by atoms with Crippen molar-refractivity contribution in [3.8, 4) is 0 Å². The zero-order valence-corrected chi connectivity index (χ0v) is 17.3. The topological polar surface area (TPSA) is 84.3 Å². The zero-order valence-electron chi connectivity index (χ0n) is 16.5. The number of sulfonamides is 1. The molecule has 0 atom stereocenters. The molecule has 0 radical (unpaired) electrons. The predicted octanol–water partition coefficient (Wildman–Crippen LogP) is 2.21. The molecule has 0 fully saturated rings. The van der Waals surface area contributed by atoms with Crippen LogP contribution in [0.25, 0.3) is 11.0 Å². The largest absolute Gasteiger partial charge is 0.352 e. The third-order valence-electron chi connectivity index (χ3n) is 4.70.